The maximum atomic E-state index is 12.9. The monoisotopic (exact) mass is 346 g/mol. The smallest absolute Gasteiger partial charge is 0.341 e. The molecule has 2 saturated heterocycles. The fraction of sp³-hybridized carbons (Fsp3) is 0.800. The third kappa shape index (κ3) is 3.71. The lowest BCUT2D eigenvalue weighted by atomic mass is 9.97. The second kappa shape index (κ2) is 6.70. The van der Waals surface area contributed by atoms with Crippen LogP contribution >= 0.6 is 0 Å². The Bertz CT molecular complexity index is 590. The van der Waals surface area contributed by atoms with Crippen LogP contribution in [0.2, 0.25) is 0 Å². The first-order valence-electron chi connectivity index (χ1n) is 8.23. The van der Waals surface area contributed by atoms with E-state index < -0.39 is 12.1 Å². The molecule has 0 N–H and O–H groups in total. The Morgan fingerprint density at radius 2 is 2.04 bits per heavy atom. The van der Waals surface area contributed by atoms with E-state index in [4.69, 9.17) is 4.52 Å². The molecule has 1 amide bonds. The third-order valence-electron chi connectivity index (χ3n) is 4.78. The molecule has 0 radical (unpaired) electrons. The highest BCUT2D eigenvalue weighted by Crippen LogP contribution is 2.34. The van der Waals surface area contributed by atoms with Crippen molar-refractivity contribution in [1.82, 2.24) is 19.9 Å². The van der Waals surface area contributed by atoms with Gasteiger partial charge in [0.25, 0.3) is 0 Å². The van der Waals surface area contributed by atoms with E-state index in [9.17, 15) is 18.0 Å². The lowest BCUT2D eigenvalue weighted by Gasteiger charge is -2.35. The number of likely N-dealkylation sites (tertiary alicyclic amines) is 2. The minimum atomic E-state index is -4.24. The summed E-state index contributed by atoms with van der Waals surface area (Å²) in [6.45, 7) is 2.67. The first-order chi connectivity index (χ1) is 11.3. The van der Waals surface area contributed by atoms with Crippen LogP contribution in [-0.4, -0.2) is 58.2 Å². The molecule has 0 aromatic carbocycles. The summed E-state index contributed by atoms with van der Waals surface area (Å²) in [5, 5.41) is 3.91. The quantitative estimate of drug-likeness (QED) is 0.840. The Morgan fingerprint density at radius 3 is 2.71 bits per heavy atom. The number of nitrogens with zero attached hydrogens (tertiary/aromatic N) is 4. The van der Waals surface area contributed by atoms with E-state index in [0.717, 1.165) is 12.8 Å². The number of aromatic nitrogens is 2. The molecule has 6 nitrogen and oxygen atoms in total. The SMILES string of the molecule is Cc1nc([C@@H]2CCCN2CC(=O)N2CCC[C@H](C(F)(F)F)C2)no1. The summed E-state index contributed by atoms with van der Waals surface area (Å²) in [4.78, 5) is 20.0. The number of hydrogen-bond donors (Lipinski definition) is 0. The molecule has 0 bridgehead atoms. The molecule has 2 aliphatic rings. The topological polar surface area (TPSA) is 62.5 Å². The van der Waals surface area contributed by atoms with Crippen LogP contribution in [-0.2, 0) is 4.79 Å². The number of hydrogen-bond acceptors (Lipinski definition) is 5. The van der Waals surface area contributed by atoms with Gasteiger partial charge in [0.1, 0.15) is 0 Å². The van der Waals surface area contributed by atoms with E-state index in [1.54, 1.807) is 6.92 Å². The molecular weight excluding hydrogens is 325 g/mol. The van der Waals surface area contributed by atoms with Crippen LogP contribution in [0.3, 0.4) is 0 Å². The summed E-state index contributed by atoms with van der Waals surface area (Å²) >= 11 is 0. The molecule has 24 heavy (non-hydrogen) atoms. The number of piperidine rings is 1. The van der Waals surface area contributed by atoms with E-state index in [1.807, 2.05) is 4.90 Å². The molecule has 2 atom stereocenters. The van der Waals surface area contributed by atoms with Crippen LogP contribution in [0.25, 0.3) is 0 Å². The summed E-state index contributed by atoms with van der Waals surface area (Å²) < 4.78 is 43.7. The van der Waals surface area contributed by atoms with Gasteiger partial charge in [-0.05, 0) is 32.2 Å². The van der Waals surface area contributed by atoms with Gasteiger partial charge in [-0.2, -0.15) is 18.2 Å². The van der Waals surface area contributed by atoms with Crippen LogP contribution in [0.4, 0.5) is 13.2 Å². The Kier molecular flexibility index (Phi) is 4.80. The highest BCUT2D eigenvalue weighted by atomic mass is 19.4. The third-order valence-corrected chi connectivity index (χ3v) is 4.78. The molecular formula is C15H21F3N4O2. The fourth-order valence-electron chi connectivity index (χ4n) is 3.50. The number of alkyl halides is 3. The van der Waals surface area contributed by atoms with E-state index in [-0.39, 0.29) is 31.5 Å². The van der Waals surface area contributed by atoms with Crippen LogP contribution in [0.15, 0.2) is 4.52 Å². The maximum absolute atomic E-state index is 12.9. The van der Waals surface area contributed by atoms with Gasteiger partial charge in [-0.15, -0.1) is 0 Å². The number of amides is 1. The molecule has 2 aliphatic heterocycles. The minimum absolute atomic E-state index is 0.0990. The second-order valence-corrected chi connectivity index (χ2v) is 6.52. The van der Waals surface area contributed by atoms with Crippen LogP contribution in [0.1, 0.15) is 43.4 Å². The predicted octanol–water partition coefficient (Wildman–Crippen LogP) is 2.32. The van der Waals surface area contributed by atoms with Crippen molar-refractivity contribution in [3.63, 3.8) is 0 Å². The van der Waals surface area contributed by atoms with Crippen molar-refractivity contribution in [1.29, 1.82) is 0 Å². The van der Waals surface area contributed by atoms with Crippen LogP contribution < -0.4 is 0 Å². The standard InChI is InChI=1S/C15H21F3N4O2/c1-10-19-14(20-24-10)12-5-3-6-21(12)9-13(23)22-7-2-4-11(8-22)15(16,17)18/h11-12H,2-9H2,1H3/t11-,12-/m0/s1. The lowest BCUT2D eigenvalue weighted by Crippen LogP contribution is -2.48. The largest absolute Gasteiger partial charge is 0.393 e. The van der Waals surface area contributed by atoms with E-state index in [0.29, 0.717) is 31.2 Å². The van der Waals surface area contributed by atoms with E-state index in [1.165, 1.54) is 4.90 Å². The normalized spacial score (nSPS) is 26.1. The Labute approximate surface area is 138 Å². The van der Waals surface area contributed by atoms with Gasteiger partial charge in [0.05, 0.1) is 18.5 Å². The Hall–Kier alpha value is -1.64. The van der Waals surface area contributed by atoms with Gasteiger partial charge < -0.3 is 9.42 Å². The number of aryl methyl sites for hydroxylation is 1. The Morgan fingerprint density at radius 1 is 1.29 bits per heavy atom. The van der Waals surface area contributed by atoms with Gasteiger partial charge in [0, 0.05) is 20.0 Å². The van der Waals surface area contributed by atoms with Gasteiger partial charge in [-0.3, -0.25) is 9.69 Å². The van der Waals surface area contributed by atoms with Crippen molar-refractivity contribution in [2.24, 2.45) is 5.92 Å². The average molecular weight is 346 g/mol. The number of halogens is 3. The molecule has 0 unspecified atom stereocenters. The van der Waals surface area contributed by atoms with E-state index >= 15 is 0 Å². The van der Waals surface area contributed by atoms with Gasteiger partial charge >= 0.3 is 6.18 Å². The van der Waals surface area contributed by atoms with Crippen LogP contribution in [0.5, 0.6) is 0 Å². The second-order valence-electron chi connectivity index (χ2n) is 6.52. The zero-order valence-corrected chi connectivity index (χ0v) is 13.6. The number of rotatable bonds is 3. The molecule has 0 aliphatic carbocycles. The van der Waals surface area contributed by atoms with Gasteiger partial charge in [-0.1, -0.05) is 5.16 Å². The molecule has 3 rings (SSSR count). The van der Waals surface area contributed by atoms with Crippen molar-refractivity contribution in [2.75, 3.05) is 26.2 Å². The maximum Gasteiger partial charge on any atom is 0.393 e. The summed E-state index contributed by atoms with van der Waals surface area (Å²) in [6, 6.07) is -0.102. The van der Waals surface area contributed by atoms with Crippen molar-refractivity contribution in [2.45, 2.75) is 44.8 Å². The molecule has 2 fully saturated rings. The Balaban J connectivity index is 1.61. The molecule has 1 aromatic rings. The van der Waals surface area contributed by atoms with Gasteiger partial charge in [0.2, 0.25) is 11.8 Å². The average Bonchev–Trinajstić information content (AvgIpc) is 3.15. The van der Waals surface area contributed by atoms with E-state index in [2.05, 4.69) is 10.1 Å². The molecule has 1 aromatic heterocycles. The number of carbonyl (C=O) groups excluding carboxylic acids is 1. The molecule has 0 spiro atoms. The van der Waals surface area contributed by atoms with Crippen molar-refractivity contribution >= 4 is 5.91 Å². The van der Waals surface area contributed by atoms with Crippen molar-refractivity contribution < 1.29 is 22.5 Å². The van der Waals surface area contributed by atoms with Crippen molar-refractivity contribution in [3.05, 3.63) is 11.7 Å². The lowest BCUT2D eigenvalue weighted by molar-refractivity contribution is -0.188. The van der Waals surface area contributed by atoms with Gasteiger partial charge in [0.15, 0.2) is 5.82 Å². The summed E-state index contributed by atoms with van der Waals surface area (Å²) in [5.74, 6) is -0.655. The first-order valence-corrected chi connectivity index (χ1v) is 8.23. The zero-order chi connectivity index (χ0) is 17.3. The van der Waals surface area contributed by atoms with Crippen molar-refractivity contribution in [3.8, 4) is 0 Å². The summed E-state index contributed by atoms with van der Waals surface area (Å²) in [6.07, 6.45) is -2.03. The predicted molar refractivity (Wildman–Crippen MR) is 77.9 cm³/mol. The highest BCUT2D eigenvalue weighted by molar-refractivity contribution is 5.78. The van der Waals surface area contributed by atoms with Crippen LogP contribution in [0, 0.1) is 12.8 Å². The minimum Gasteiger partial charge on any atom is -0.341 e. The summed E-state index contributed by atoms with van der Waals surface area (Å²) in [7, 11) is 0. The summed E-state index contributed by atoms with van der Waals surface area (Å²) in [5.41, 5.74) is 0. The molecule has 9 heteroatoms. The fourth-order valence-corrected chi connectivity index (χ4v) is 3.50. The number of carbonyl (C=O) groups is 1. The molecule has 0 saturated carbocycles. The first kappa shape index (κ1) is 17.2. The zero-order valence-electron chi connectivity index (χ0n) is 13.6. The van der Waals surface area contributed by atoms with Gasteiger partial charge in [-0.25, -0.2) is 0 Å². The molecule has 3 heterocycles. The molecule has 134 valence electrons. The highest BCUT2D eigenvalue weighted by Gasteiger charge is 2.43.